The number of alkyl halides is 4. The van der Waals surface area contributed by atoms with Gasteiger partial charge in [0.25, 0.3) is 0 Å². The van der Waals surface area contributed by atoms with Crippen LogP contribution < -0.4 is 5.32 Å². The maximum atomic E-state index is 12.6. The summed E-state index contributed by atoms with van der Waals surface area (Å²) < 4.78 is 37.8. The summed E-state index contributed by atoms with van der Waals surface area (Å²) in [7, 11) is 0. The Bertz CT molecular complexity index is 408. The van der Waals surface area contributed by atoms with Crippen molar-refractivity contribution in [2.24, 2.45) is 0 Å². The molecule has 0 aliphatic heterocycles. The zero-order valence-electron chi connectivity index (χ0n) is 7.74. The van der Waals surface area contributed by atoms with Gasteiger partial charge < -0.3 is 5.32 Å². The second kappa shape index (κ2) is 5.05. The summed E-state index contributed by atoms with van der Waals surface area (Å²) >= 11 is 7.99. The molecule has 0 saturated carbocycles. The van der Waals surface area contributed by atoms with E-state index in [0.717, 1.165) is 6.07 Å². The number of carbonyl (C=O) groups excluding carboxylic acids is 1. The maximum absolute atomic E-state index is 12.6. The Morgan fingerprint density at radius 2 is 2.06 bits per heavy atom. The van der Waals surface area contributed by atoms with E-state index in [-0.39, 0.29) is 10.2 Å². The second-order valence-corrected chi connectivity index (χ2v) is 3.96. The molecule has 0 atom stereocenters. The lowest BCUT2D eigenvalue weighted by molar-refractivity contribution is -0.137. The molecule has 1 rings (SSSR count). The first-order chi connectivity index (χ1) is 7.36. The minimum atomic E-state index is -4.55. The average molecular weight is 317 g/mol. The summed E-state index contributed by atoms with van der Waals surface area (Å²) in [6.07, 6.45) is -4.55. The van der Waals surface area contributed by atoms with Crippen LogP contribution in [0.3, 0.4) is 0 Å². The van der Waals surface area contributed by atoms with E-state index in [2.05, 4.69) is 21.2 Å². The number of halogens is 5. The quantitative estimate of drug-likeness (QED) is 0.829. The van der Waals surface area contributed by atoms with Crippen LogP contribution in [0, 0.1) is 0 Å². The van der Waals surface area contributed by atoms with E-state index in [1.165, 1.54) is 12.1 Å². The Labute approximate surface area is 103 Å². The molecule has 16 heavy (non-hydrogen) atoms. The lowest BCUT2D eigenvalue weighted by Gasteiger charge is -2.14. The van der Waals surface area contributed by atoms with Gasteiger partial charge in [0.1, 0.15) is 5.88 Å². The SMILES string of the molecule is O=C(CCl)Nc1cccc(Br)c1C(F)(F)F. The predicted octanol–water partition coefficient (Wildman–Crippen LogP) is 3.65. The van der Waals surface area contributed by atoms with Crippen molar-refractivity contribution < 1.29 is 18.0 Å². The van der Waals surface area contributed by atoms with Crippen LogP contribution in [0.4, 0.5) is 18.9 Å². The minimum absolute atomic E-state index is 0.132. The third kappa shape index (κ3) is 3.12. The van der Waals surface area contributed by atoms with Gasteiger partial charge in [0.15, 0.2) is 0 Å². The molecule has 1 amide bonds. The molecule has 0 aliphatic rings. The minimum Gasteiger partial charge on any atom is -0.324 e. The van der Waals surface area contributed by atoms with E-state index in [0.29, 0.717) is 0 Å². The third-order valence-electron chi connectivity index (χ3n) is 1.69. The molecule has 0 aromatic heterocycles. The highest BCUT2D eigenvalue weighted by Crippen LogP contribution is 2.39. The van der Waals surface area contributed by atoms with Crippen LogP contribution in [-0.2, 0) is 11.0 Å². The summed E-state index contributed by atoms with van der Waals surface area (Å²) in [4.78, 5) is 10.9. The van der Waals surface area contributed by atoms with Gasteiger partial charge in [-0.15, -0.1) is 11.6 Å². The second-order valence-electron chi connectivity index (χ2n) is 2.84. The summed E-state index contributed by atoms with van der Waals surface area (Å²) in [5.74, 6) is -1.09. The third-order valence-corrected chi connectivity index (χ3v) is 2.60. The van der Waals surface area contributed by atoms with Crippen LogP contribution in [0.2, 0.25) is 0 Å². The molecule has 0 spiro atoms. The molecule has 0 aliphatic carbocycles. The van der Waals surface area contributed by atoms with Gasteiger partial charge in [-0.2, -0.15) is 13.2 Å². The van der Waals surface area contributed by atoms with Crippen molar-refractivity contribution in [1.29, 1.82) is 0 Å². The summed E-state index contributed by atoms with van der Waals surface area (Å²) in [5, 5.41) is 2.09. The molecule has 0 saturated heterocycles. The number of rotatable bonds is 2. The molecule has 1 aromatic carbocycles. The number of amides is 1. The van der Waals surface area contributed by atoms with Crippen molar-refractivity contribution in [3.8, 4) is 0 Å². The normalized spacial score (nSPS) is 11.3. The van der Waals surface area contributed by atoms with Crippen LogP contribution in [-0.4, -0.2) is 11.8 Å². The van der Waals surface area contributed by atoms with E-state index >= 15 is 0 Å². The first-order valence-electron chi connectivity index (χ1n) is 4.07. The number of nitrogens with one attached hydrogen (secondary N) is 1. The fourth-order valence-electron chi connectivity index (χ4n) is 1.10. The molecular formula is C9H6BrClF3NO. The fraction of sp³-hybridized carbons (Fsp3) is 0.222. The molecule has 0 radical (unpaired) electrons. The molecule has 0 bridgehead atoms. The van der Waals surface area contributed by atoms with Crippen LogP contribution in [0.15, 0.2) is 22.7 Å². The van der Waals surface area contributed by atoms with Gasteiger partial charge in [-0.25, -0.2) is 0 Å². The lowest BCUT2D eigenvalue weighted by atomic mass is 10.1. The molecule has 0 heterocycles. The Hall–Kier alpha value is -0.750. The number of anilines is 1. The first-order valence-corrected chi connectivity index (χ1v) is 5.40. The summed E-state index contributed by atoms with van der Waals surface area (Å²) in [6.45, 7) is 0. The van der Waals surface area contributed by atoms with Gasteiger partial charge in [-0.05, 0) is 12.1 Å². The molecule has 0 unspecified atom stereocenters. The molecule has 88 valence electrons. The van der Waals surface area contributed by atoms with Gasteiger partial charge in [-0.3, -0.25) is 4.79 Å². The van der Waals surface area contributed by atoms with Gasteiger partial charge >= 0.3 is 6.18 Å². The Kier molecular flexibility index (Phi) is 4.21. The van der Waals surface area contributed by atoms with Crippen LogP contribution in [0.25, 0.3) is 0 Å². The fourth-order valence-corrected chi connectivity index (χ4v) is 1.76. The van der Waals surface area contributed by atoms with E-state index in [1.807, 2.05) is 0 Å². The monoisotopic (exact) mass is 315 g/mol. The van der Waals surface area contributed by atoms with Crippen molar-refractivity contribution >= 4 is 39.1 Å². The van der Waals surface area contributed by atoms with E-state index in [4.69, 9.17) is 11.6 Å². The maximum Gasteiger partial charge on any atom is 0.419 e. The number of carbonyl (C=O) groups is 1. The van der Waals surface area contributed by atoms with E-state index in [1.54, 1.807) is 0 Å². The molecule has 0 fully saturated rings. The highest BCUT2D eigenvalue weighted by molar-refractivity contribution is 9.10. The summed E-state index contributed by atoms with van der Waals surface area (Å²) in [5.41, 5.74) is -1.24. The standard InChI is InChI=1S/C9H6BrClF3NO/c10-5-2-1-3-6(15-7(16)4-11)8(5)9(12,13)14/h1-3H,4H2,(H,15,16). The van der Waals surface area contributed by atoms with Crippen LogP contribution >= 0.6 is 27.5 Å². The van der Waals surface area contributed by atoms with Crippen molar-refractivity contribution in [2.45, 2.75) is 6.18 Å². The number of hydrogen-bond donors (Lipinski definition) is 1. The Balaban J connectivity index is 3.18. The van der Waals surface area contributed by atoms with Crippen molar-refractivity contribution in [2.75, 3.05) is 11.2 Å². The summed E-state index contributed by atoms with van der Waals surface area (Å²) in [6, 6.07) is 3.81. The van der Waals surface area contributed by atoms with E-state index < -0.39 is 23.5 Å². The molecule has 1 aromatic rings. The zero-order valence-corrected chi connectivity index (χ0v) is 10.1. The van der Waals surface area contributed by atoms with Gasteiger partial charge in [0, 0.05) is 4.47 Å². The lowest BCUT2D eigenvalue weighted by Crippen LogP contribution is -2.17. The molecular weight excluding hydrogens is 310 g/mol. The number of benzene rings is 1. The predicted molar refractivity (Wildman–Crippen MR) is 58.5 cm³/mol. The van der Waals surface area contributed by atoms with Crippen LogP contribution in [0.1, 0.15) is 5.56 Å². The Morgan fingerprint density at radius 3 is 2.56 bits per heavy atom. The largest absolute Gasteiger partial charge is 0.419 e. The van der Waals surface area contributed by atoms with Crippen molar-refractivity contribution in [3.05, 3.63) is 28.2 Å². The van der Waals surface area contributed by atoms with Crippen molar-refractivity contribution in [3.63, 3.8) is 0 Å². The highest BCUT2D eigenvalue weighted by atomic mass is 79.9. The highest BCUT2D eigenvalue weighted by Gasteiger charge is 2.36. The van der Waals surface area contributed by atoms with E-state index in [9.17, 15) is 18.0 Å². The van der Waals surface area contributed by atoms with Gasteiger partial charge in [0.05, 0.1) is 11.3 Å². The average Bonchev–Trinajstić information content (AvgIpc) is 2.15. The Morgan fingerprint density at radius 1 is 1.44 bits per heavy atom. The topological polar surface area (TPSA) is 29.1 Å². The smallest absolute Gasteiger partial charge is 0.324 e. The van der Waals surface area contributed by atoms with Gasteiger partial charge in [-0.1, -0.05) is 22.0 Å². The van der Waals surface area contributed by atoms with Crippen molar-refractivity contribution in [1.82, 2.24) is 0 Å². The van der Waals surface area contributed by atoms with Gasteiger partial charge in [0.2, 0.25) is 5.91 Å². The first kappa shape index (κ1) is 13.3. The molecule has 2 nitrogen and oxygen atoms in total. The zero-order chi connectivity index (χ0) is 12.3. The van der Waals surface area contributed by atoms with Crippen LogP contribution in [0.5, 0.6) is 0 Å². The molecule has 1 N–H and O–H groups in total. The number of hydrogen-bond acceptors (Lipinski definition) is 1. The molecule has 7 heteroatoms.